The number of nitrogens with zero attached hydrogens (tertiary/aromatic N) is 1. The Kier molecular flexibility index (Phi) is 4.43. The van der Waals surface area contributed by atoms with Crippen molar-refractivity contribution in [1.29, 1.82) is 5.26 Å². The minimum Gasteiger partial charge on any atom is -0.478 e. The second-order valence-corrected chi connectivity index (χ2v) is 5.47. The Hall–Kier alpha value is -2.78. The number of benzene rings is 1. The van der Waals surface area contributed by atoms with Gasteiger partial charge in [-0.1, -0.05) is 23.7 Å². The predicted molar refractivity (Wildman–Crippen MR) is 82.7 cm³/mol. The molecule has 0 spiro atoms. The predicted octanol–water partition coefficient (Wildman–Crippen LogP) is 2.62. The van der Waals surface area contributed by atoms with Crippen LogP contribution >= 0.6 is 11.6 Å². The van der Waals surface area contributed by atoms with E-state index >= 15 is 0 Å². The van der Waals surface area contributed by atoms with Crippen LogP contribution in [0.1, 0.15) is 30.9 Å². The molecule has 0 unspecified atom stereocenters. The van der Waals surface area contributed by atoms with Gasteiger partial charge in [0.1, 0.15) is 6.07 Å². The molecule has 0 aliphatic carbocycles. The molecule has 2 rings (SSSR count). The van der Waals surface area contributed by atoms with Crippen molar-refractivity contribution in [3.8, 4) is 6.07 Å². The molecule has 1 aliphatic rings. The van der Waals surface area contributed by atoms with Gasteiger partial charge in [-0.25, -0.2) is 9.59 Å². The highest BCUT2D eigenvalue weighted by Gasteiger charge is 2.37. The van der Waals surface area contributed by atoms with E-state index in [1.54, 1.807) is 19.9 Å². The molecule has 0 radical (unpaired) electrons. The SMILES string of the molecule is CC1=C(C(=O)O)C(c2cccc(Cl)c2C#N)C(C(=O)O)=C(C)N1. The maximum absolute atomic E-state index is 11.7. The fraction of sp³-hybridized carbons (Fsp3) is 0.188. The second-order valence-electron chi connectivity index (χ2n) is 5.06. The number of carboxylic acids is 2. The average molecular weight is 333 g/mol. The Morgan fingerprint density at radius 1 is 1.17 bits per heavy atom. The molecule has 0 saturated heterocycles. The van der Waals surface area contributed by atoms with E-state index in [0.717, 1.165) is 0 Å². The fourth-order valence-corrected chi connectivity index (χ4v) is 3.00. The molecule has 0 fully saturated rings. The lowest BCUT2D eigenvalue weighted by Crippen LogP contribution is -2.31. The van der Waals surface area contributed by atoms with Gasteiger partial charge in [-0.05, 0) is 25.5 Å². The molecule has 1 aromatic rings. The van der Waals surface area contributed by atoms with Crippen LogP contribution in [0.4, 0.5) is 0 Å². The van der Waals surface area contributed by atoms with Gasteiger partial charge in [-0.2, -0.15) is 5.26 Å². The molecule has 23 heavy (non-hydrogen) atoms. The number of allylic oxidation sites excluding steroid dienone is 2. The number of nitrogens with one attached hydrogen (secondary N) is 1. The van der Waals surface area contributed by atoms with Crippen molar-refractivity contribution in [2.24, 2.45) is 0 Å². The van der Waals surface area contributed by atoms with Crippen LogP contribution < -0.4 is 5.32 Å². The molecule has 1 aliphatic heterocycles. The van der Waals surface area contributed by atoms with Crippen LogP contribution in [0.15, 0.2) is 40.7 Å². The molecule has 6 nitrogen and oxygen atoms in total. The van der Waals surface area contributed by atoms with Crippen LogP contribution in [0.25, 0.3) is 0 Å². The zero-order valence-electron chi connectivity index (χ0n) is 12.3. The maximum Gasteiger partial charge on any atom is 0.334 e. The van der Waals surface area contributed by atoms with E-state index in [4.69, 9.17) is 11.6 Å². The summed E-state index contributed by atoms with van der Waals surface area (Å²) in [5.74, 6) is -3.59. The number of halogens is 1. The van der Waals surface area contributed by atoms with E-state index in [9.17, 15) is 25.1 Å². The summed E-state index contributed by atoms with van der Waals surface area (Å²) in [6.45, 7) is 3.10. The third kappa shape index (κ3) is 2.79. The lowest BCUT2D eigenvalue weighted by Gasteiger charge is -2.29. The summed E-state index contributed by atoms with van der Waals surface area (Å²) in [6.07, 6.45) is 0. The Bertz CT molecular complexity index is 782. The van der Waals surface area contributed by atoms with Crippen LogP contribution in [-0.2, 0) is 9.59 Å². The molecule has 0 amide bonds. The molecule has 118 valence electrons. The highest BCUT2D eigenvalue weighted by molar-refractivity contribution is 6.31. The van der Waals surface area contributed by atoms with Crippen molar-refractivity contribution in [1.82, 2.24) is 5.32 Å². The summed E-state index contributed by atoms with van der Waals surface area (Å²) in [7, 11) is 0. The van der Waals surface area contributed by atoms with Crippen LogP contribution in [0, 0.1) is 11.3 Å². The molecule has 1 aromatic carbocycles. The van der Waals surface area contributed by atoms with Gasteiger partial charge in [0, 0.05) is 11.4 Å². The molecular weight excluding hydrogens is 320 g/mol. The standard InChI is InChI=1S/C16H13ClN2O4/c1-7-12(15(20)21)14(13(16(22)23)8(2)19-7)9-4-3-5-11(17)10(9)6-18/h3-5,14,19H,1-2H3,(H,20,21)(H,22,23). The second kappa shape index (κ2) is 6.15. The molecule has 3 N–H and O–H groups in total. The van der Waals surface area contributed by atoms with Crippen molar-refractivity contribution in [3.05, 3.63) is 56.9 Å². The zero-order chi connectivity index (χ0) is 17.3. The number of dihydropyridines is 1. The Morgan fingerprint density at radius 3 is 2.13 bits per heavy atom. The van der Waals surface area contributed by atoms with Crippen molar-refractivity contribution in [3.63, 3.8) is 0 Å². The largest absolute Gasteiger partial charge is 0.478 e. The van der Waals surface area contributed by atoms with E-state index in [-0.39, 0.29) is 27.3 Å². The molecule has 1 heterocycles. The third-order valence-electron chi connectivity index (χ3n) is 3.69. The summed E-state index contributed by atoms with van der Waals surface area (Å²) < 4.78 is 0. The van der Waals surface area contributed by atoms with Gasteiger partial charge in [0.15, 0.2) is 0 Å². The number of hydrogen-bond donors (Lipinski definition) is 3. The van der Waals surface area contributed by atoms with Crippen molar-refractivity contribution in [2.45, 2.75) is 19.8 Å². The number of carbonyl (C=O) groups is 2. The number of aliphatic carboxylic acids is 2. The monoisotopic (exact) mass is 332 g/mol. The van der Waals surface area contributed by atoms with Gasteiger partial charge in [0.25, 0.3) is 0 Å². The minimum atomic E-state index is -1.25. The minimum absolute atomic E-state index is 0.0687. The smallest absolute Gasteiger partial charge is 0.334 e. The fourth-order valence-electron chi connectivity index (χ4n) is 2.77. The quantitative estimate of drug-likeness (QED) is 0.784. The van der Waals surface area contributed by atoms with E-state index in [2.05, 4.69) is 5.32 Å². The van der Waals surface area contributed by atoms with E-state index in [0.29, 0.717) is 11.4 Å². The van der Waals surface area contributed by atoms with Gasteiger partial charge >= 0.3 is 11.9 Å². The normalized spacial score (nSPS) is 15.2. The Morgan fingerprint density at radius 2 is 1.70 bits per heavy atom. The first-order valence-corrected chi connectivity index (χ1v) is 7.01. The highest BCUT2D eigenvalue weighted by atomic mass is 35.5. The van der Waals surface area contributed by atoms with Crippen molar-refractivity contribution in [2.75, 3.05) is 0 Å². The summed E-state index contributed by atoms with van der Waals surface area (Å²) in [5, 5.41) is 31.3. The molecule has 0 atom stereocenters. The van der Waals surface area contributed by atoms with Crippen molar-refractivity contribution >= 4 is 23.5 Å². The van der Waals surface area contributed by atoms with Gasteiger partial charge in [-0.15, -0.1) is 0 Å². The molecule has 0 aromatic heterocycles. The average Bonchev–Trinajstić information content (AvgIpc) is 2.45. The number of carboxylic acid groups (broad SMARTS) is 2. The lowest BCUT2D eigenvalue weighted by molar-refractivity contribution is -0.133. The molecule has 7 heteroatoms. The summed E-state index contributed by atoms with van der Waals surface area (Å²) in [6, 6.07) is 6.51. The summed E-state index contributed by atoms with van der Waals surface area (Å²) in [4.78, 5) is 23.4. The maximum atomic E-state index is 11.7. The van der Waals surface area contributed by atoms with Gasteiger partial charge in [0.05, 0.1) is 27.7 Å². The topological polar surface area (TPSA) is 110 Å². The van der Waals surface area contributed by atoms with Crippen LogP contribution in [0.2, 0.25) is 5.02 Å². The van der Waals surface area contributed by atoms with Crippen LogP contribution in [0.5, 0.6) is 0 Å². The van der Waals surface area contributed by atoms with Crippen LogP contribution in [0.3, 0.4) is 0 Å². The lowest BCUT2D eigenvalue weighted by atomic mass is 9.79. The van der Waals surface area contributed by atoms with E-state index < -0.39 is 17.9 Å². The first-order valence-electron chi connectivity index (χ1n) is 6.63. The Balaban J connectivity index is 2.84. The first-order chi connectivity index (χ1) is 10.8. The van der Waals surface area contributed by atoms with Crippen LogP contribution in [-0.4, -0.2) is 22.2 Å². The third-order valence-corrected chi connectivity index (χ3v) is 4.00. The number of nitriles is 1. The highest BCUT2D eigenvalue weighted by Crippen LogP contribution is 2.40. The summed E-state index contributed by atoms with van der Waals surface area (Å²) in [5.41, 5.74) is 0.746. The van der Waals surface area contributed by atoms with Gasteiger partial charge < -0.3 is 15.5 Å². The van der Waals surface area contributed by atoms with Gasteiger partial charge in [0.2, 0.25) is 0 Å². The zero-order valence-corrected chi connectivity index (χ0v) is 13.1. The number of hydrogen-bond acceptors (Lipinski definition) is 4. The Labute approximate surface area is 137 Å². The summed E-state index contributed by atoms with van der Waals surface area (Å²) >= 11 is 6.01. The van der Waals surface area contributed by atoms with Crippen molar-refractivity contribution < 1.29 is 19.8 Å². The first kappa shape index (κ1) is 16.6. The van der Waals surface area contributed by atoms with E-state index in [1.165, 1.54) is 12.1 Å². The number of rotatable bonds is 3. The molecule has 0 saturated carbocycles. The molecule has 0 bridgehead atoms. The van der Waals surface area contributed by atoms with Gasteiger partial charge in [-0.3, -0.25) is 0 Å². The molecular formula is C16H13ClN2O4. The van der Waals surface area contributed by atoms with E-state index in [1.807, 2.05) is 6.07 Å².